The fourth-order valence-electron chi connectivity index (χ4n) is 1.87. The van der Waals surface area contributed by atoms with Gasteiger partial charge in [0.1, 0.15) is 0 Å². The minimum atomic E-state index is -0.164. The molecule has 6 heteroatoms. The zero-order valence-corrected chi connectivity index (χ0v) is 13.7. The molecule has 0 bridgehead atoms. The molecule has 1 rings (SSSR count). The highest BCUT2D eigenvalue weighted by Crippen LogP contribution is 2.19. The highest BCUT2D eigenvalue weighted by molar-refractivity contribution is 6.31. The third kappa shape index (κ3) is 5.91. The Kier molecular flexibility index (Phi) is 7.50. The van der Waals surface area contributed by atoms with E-state index in [-0.39, 0.29) is 5.91 Å². The monoisotopic (exact) mass is 312 g/mol. The normalized spacial score (nSPS) is 11.0. The number of benzene rings is 1. The number of nitrogens with zero attached hydrogens (tertiary/aromatic N) is 1. The summed E-state index contributed by atoms with van der Waals surface area (Å²) in [7, 11) is 2.11. The molecule has 0 saturated carbocycles. The van der Waals surface area contributed by atoms with Gasteiger partial charge in [0, 0.05) is 17.6 Å². The Morgan fingerprint density at radius 3 is 2.71 bits per heavy atom. The highest BCUT2D eigenvalue weighted by atomic mass is 35.5. The van der Waals surface area contributed by atoms with E-state index >= 15 is 0 Å². The number of carbonyl (C=O) groups is 1. The number of anilines is 1. The molecule has 0 saturated heterocycles. The number of unbranched alkanes of at least 4 members (excludes halogenated alkanes) is 1. The smallest absolute Gasteiger partial charge is 0.253 e. The van der Waals surface area contributed by atoms with Crippen LogP contribution >= 0.6 is 11.6 Å². The van der Waals surface area contributed by atoms with Gasteiger partial charge in [0.05, 0.1) is 11.3 Å². The molecule has 0 atom stereocenters. The van der Waals surface area contributed by atoms with Gasteiger partial charge in [-0.25, -0.2) is 0 Å². The summed E-state index contributed by atoms with van der Waals surface area (Å²) in [4.78, 5) is 14.4. The van der Waals surface area contributed by atoms with Crippen LogP contribution < -0.4 is 16.6 Å². The number of nitrogen functional groups attached to an aromatic ring is 1. The van der Waals surface area contributed by atoms with Crippen LogP contribution in [0.4, 0.5) is 5.69 Å². The highest BCUT2D eigenvalue weighted by Gasteiger charge is 2.11. The maximum absolute atomic E-state index is 12.1. The standard InChI is InChI=1S/C15H25ClN4O/c1-11(2)20(3)9-5-4-8-18-15(21)13-10-12(16)6-7-14(13)19-17/h6-7,10-11,19H,4-5,8-9,17H2,1-3H3,(H,18,21). The summed E-state index contributed by atoms with van der Waals surface area (Å²) in [6.45, 7) is 6.01. The lowest BCUT2D eigenvalue weighted by Gasteiger charge is -2.20. The number of amides is 1. The molecule has 0 unspecified atom stereocenters. The maximum atomic E-state index is 12.1. The van der Waals surface area contributed by atoms with Crippen molar-refractivity contribution in [2.75, 3.05) is 25.6 Å². The number of nitrogens with two attached hydrogens (primary N) is 1. The lowest BCUT2D eigenvalue weighted by Crippen LogP contribution is -2.29. The molecule has 0 spiro atoms. The van der Waals surface area contributed by atoms with E-state index in [9.17, 15) is 4.79 Å². The second-order valence-electron chi connectivity index (χ2n) is 5.37. The first-order chi connectivity index (χ1) is 9.95. The van der Waals surface area contributed by atoms with Gasteiger partial charge in [-0.1, -0.05) is 11.6 Å². The molecule has 118 valence electrons. The van der Waals surface area contributed by atoms with Gasteiger partial charge in [0.15, 0.2) is 0 Å². The molecule has 1 aromatic carbocycles. The Balaban J connectivity index is 2.39. The number of nitrogens with one attached hydrogen (secondary N) is 2. The average Bonchev–Trinajstić information content (AvgIpc) is 2.46. The zero-order chi connectivity index (χ0) is 15.8. The van der Waals surface area contributed by atoms with Crippen molar-refractivity contribution in [2.24, 2.45) is 5.84 Å². The minimum absolute atomic E-state index is 0.164. The summed E-state index contributed by atoms with van der Waals surface area (Å²) in [5.74, 6) is 5.23. The average molecular weight is 313 g/mol. The van der Waals surface area contributed by atoms with Crippen LogP contribution in [-0.4, -0.2) is 37.0 Å². The van der Waals surface area contributed by atoms with Crippen LogP contribution in [0.25, 0.3) is 0 Å². The first kappa shape index (κ1) is 17.8. The predicted octanol–water partition coefficient (Wildman–Crippen LogP) is 2.48. The van der Waals surface area contributed by atoms with Crippen LogP contribution in [0.2, 0.25) is 5.02 Å². The predicted molar refractivity (Wildman–Crippen MR) is 88.6 cm³/mol. The van der Waals surface area contributed by atoms with E-state index in [0.717, 1.165) is 19.4 Å². The molecule has 5 nitrogen and oxygen atoms in total. The second-order valence-corrected chi connectivity index (χ2v) is 5.81. The van der Waals surface area contributed by atoms with Crippen molar-refractivity contribution < 1.29 is 4.79 Å². The Labute approximate surface area is 131 Å². The Hall–Kier alpha value is -1.30. The lowest BCUT2D eigenvalue weighted by atomic mass is 10.1. The molecule has 0 aliphatic rings. The van der Waals surface area contributed by atoms with Gasteiger partial charge in [-0.05, 0) is 58.5 Å². The van der Waals surface area contributed by atoms with Crippen LogP contribution in [0, 0.1) is 0 Å². The van der Waals surface area contributed by atoms with Gasteiger partial charge in [0.2, 0.25) is 0 Å². The van der Waals surface area contributed by atoms with Crippen molar-refractivity contribution in [3.63, 3.8) is 0 Å². The van der Waals surface area contributed by atoms with Crippen LogP contribution in [0.3, 0.4) is 0 Å². The summed E-state index contributed by atoms with van der Waals surface area (Å²) < 4.78 is 0. The maximum Gasteiger partial charge on any atom is 0.253 e. The molecule has 0 aromatic heterocycles. The van der Waals surface area contributed by atoms with E-state index in [0.29, 0.717) is 28.9 Å². The second kappa shape index (κ2) is 8.87. The first-order valence-electron chi connectivity index (χ1n) is 7.20. The molecule has 0 radical (unpaired) electrons. The van der Waals surface area contributed by atoms with E-state index in [4.69, 9.17) is 17.4 Å². The fraction of sp³-hybridized carbons (Fsp3) is 0.533. The van der Waals surface area contributed by atoms with Gasteiger partial charge in [-0.15, -0.1) is 0 Å². The van der Waals surface area contributed by atoms with E-state index in [1.165, 1.54) is 0 Å². The van der Waals surface area contributed by atoms with Gasteiger partial charge in [-0.3, -0.25) is 10.6 Å². The number of rotatable bonds is 8. The summed E-state index contributed by atoms with van der Waals surface area (Å²) in [6, 6.07) is 5.53. The number of carbonyl (C=O) groups excluding carboxylic acids is 1. The number of halogens is 1. The molecule has 4 N–H and O–H groups in total. The van der Waals surface area contributed by atoms with Crippen molar-refractivity contribution >= 4 is 23.2 Å². The largest absolute Gasteiger partial charge is 0.352 e. The molecule has 1 aromatic rings. The molecule has 0 aliphatic carbocycles. The van der Waals surface area contributed by atoms with E-state index < -0.39 is 0 Å². The lowest BCUT2D eigenvalue weighted by molar-refractivity contribution is 0.0953. The van der Waals surface area contributed by atoms with Gasteiger partial charge in [0.25, 0.3) is 5.91 Å². The van der Waals surface area contributed by atoms with Gasteiger partial charge in [-0.2, -0.15) is 0 Å². The van der Waals surface area contributed by atoms with Crippen molar-refractivity contribution in [1.82, 2.24) is 10.2 Å². The van der Waals surface area contributed by atoms with Crippen molar-refractivity contribution in [3.05, 3.63) is 28.8 Å². The molecular formula is C15H25ClN4O. The Morgan fingerprint density at radius 2 is 2.10 bits per heavy atom. The topological polar surface area (TPSA) is 70.4 Å². The summed E-state index contributed by atoms with van der Waals surface area (Å²) >= 11 is 5.91. The Morgan fingerprint density at radius 1 is 1.38 bits per heavy atom. The van der Waals surface area contributed by atoms with E-state index in [1.54, 1.807) is 18.2 Å². The van der Waals surface area contributed by atoms with E-state index in [2.05, 4.69) is 36.5 Å². The first-order valence-corrected chi connectivity index (χ1v) is 7.58. The molecule has 21 heavy (non-hydrogen) atoms. The molecular weight excluding hydrogens is 288 g/mol. The zero-order valence-electron chi connectivity index (χ0n) is 12.9. The van der Waals surface area contributed by atoms with Crippen molar-refractivity contribution in [3.8, 4) is 0 Å². The summed E-state index contributed by atoms with van der Waals surface area (Å²) in [5, 5.41) is 3.40. The third-order valence-electron chi connectivity index (χ3n) is 3.49. The third-order valence-corrected chi connectivity index (χ3v) is 3.72. The van der Waals surface area contributed by atoms with E-state index in [1.807, 2.05) is 0 Å². The molecule has 1 amide bonds. The van der Waals surface area contributed by atoms with Crippen LogP contribution in [0.5, 0.6) is 0 Å². The number of hydrogen-bond donors (Lipinski definition) is 3. The van der Waals surface area contributed by atoms with Crippen molar-refractivity contribution in [1.29, 1.82) is 0 Å². The Bertz CT molecular complexity index is 465. The summed E-state index contributed by atoms with van der Waals surface area (Å²) in [6.07, 6.45) is 1.99. The summed E-state index contributed by atoms with van der Waals surface area (Å²) in [5.41, 5.74) is 3.53. The molecule has 0 heterocycles. The van der Waals surface area contributed by atoms with Crippen LogP contribution in [0.1, 0.15) is 37.0 Å². The molecule has 0 aliphatic heterocycles. The van der Waals surface area contributed by atoms with Gasteiger partial charge < -0.3 is 15.6 Å². The number of hydrogen-bond acceptors (Lipinski definition) is 4. The minimum Gasteiger partial charge on any atom is -0.352 e. The van der Waals surface area contributed by atoms with Crippen LogP contribution in [-0.2, 0) is 0 Å². The fourth-order valence-corrected chi connectivity index (χ4v) is 2.04. The SMILES string of the molecule is CC(C)N(C)CCCCNC(=O)c1cc(Cl)ccc1NN. The quantitative estimate of drug-likeness (QED) is 0.392. The molecule has 0 fully saturated rings. The van der Waals surface area contributed by atoms with Gasteiger partial charge >= 0.3 is 0 Å². The number of hydrazine groups is 1. The van der Waals surface area contributed by atoms with Crippen LogP contribution in [0.15, 0.2) is 18.2 Å². The van der Waals surface area contributed by atoms with Crippen molar-refractivity contribution in [2.45, 2.75) is 32.7 Å².